The van der Waals surface area contributed by atoms with Gasteiger partial charge in [0.2, 0.25) is 0 Å². The van der Waals surface area contributed by atoms with Crippen LogP contribution in [0.15, 0.2) is 0 Å². The molecule has 3 N–H and O–H groups in total. The van der Waals surface area contributed by atoms with E-state index in [0.29, 0.717) is 0 Å². The van der Waals surface area contributed by atoms with Gasteiger partial charge in [-0.1, -0.05) is 0 Å². The lowest BCUT2D eigenvalue weighted by atomic mass is 10.1. The Labute approximate surface area is 84.6 Å². The second-order valence-electron chi connectivity index (χ2n) is 2.49. The third-order valence-corrected chi connectivity index (χ3v) is 1.44. The monoisotopic (exact) mass is 258 g/mol. The fraction of sp³-hybridized carbons (Fsp3) is 0.800. The van der Waals surface area contributed by atoms with Crippen molar-refractivity contribution in [2.75, 3.05) is 6.54 Å². The van der Waals surface area contributed by atoms with E-state index in [1.165, 1.54) is 5.32 Å². The van der Waals surface area contributed by atoms with Crippen molar-refractivity contribution in [3.8, 4) is 0 Å². The molecule has 0 aromatic heterocycles. The molecule has 0 amide bonds. The van der Waals surface area contributed by atoms with E-state index < -0.39 is 29.7 Å². The minimum Gasteiger partial charge on any atom is -0.376 e. The predicted molar refractivity (Wildman–Crippen MR) is 40.7 cm³/mol. The van der Waals surface area contributed by atoms with Gasteiger partial charge in [-0.05, 0) is 12.2 Å². The van der Waals surface area contributed by atoms with Crippen molar-refractivity contribution in [2.45, 2.75) is 18.0 Å². The third-order valence-electron chi connectivity index (χ3n) is 1.30. The summed E-state index contributed by atoms with van der Waals surface area (Å²) < 4.78 is 83.7. The molecule has 10 heteroatoms. The van der Waals surface area contributed by atoms with E-state index in [0.717, 1.165) is 0 Å². The lowest BCUT2D eigenvalue weighted by Crippen LogP contribution is -2.57. The summed E-state index contributed by atoms with van der Waals surface area (Å²) in [6.45, 7) is -1.99. The topological polar surface area (TPSA) is 38.0 Å². The van der Waals surface area contributed by atoms with Gasteiger partial charge >= 0.3 is 18.0 Å². The van der Waals surface area contributed by atoms with E-state index >= 15 is 0 Å². The van der Waals surface area contributed by atoms with Gasteiger partial charge in [-0.15, -0.1) is 0 Å². The Kier molecular flexibility index (Phi) is 3.77. The Hall–Kier alpha value is -0.800. The van der Waals surface area contributed by atoms with Gasteiger partial charge in [0.05, 0.1) is 6.54 Å². The molecule has 15 heavy (non-hydrogen) atoms. The number of nitrogens with one attached hydrogen (secondary N) is 1. The van der Waals surface area contributed by atoms with Crippen LogP contribution in [0.2, 0.25) is 0 Å². The Bertz CT molecular complexity index is 248. The first-order valence-corrected chi connectivity index (χ1v) is 3.68. The number of hydrogen-bond acceptors (Lipinski definition) is 1. The molecule has 0 spiro atoms. The average Bonchev–Trinajstić information content (AvgIpc) is 1.98. The van der Waals surface area contributed by atoms with Crippen molar-refractivity contribution < 1.29 is 30.7 Å². The molecule has 0 saturated heterocycles. The van der Waals surface area contributed by atoms with Gasteiger partial charge in [0.1, 0.15) is 0 Å². The van der Waals surface area contributed by atoms with Crippen molar-refractivity contribution in [3.05, 3.63) is 0 Å². The molecule has 0 aliphatic rings. The Balaban J connectivity index is 4.77. The zero-order chi connectivity index (χ0) is 12.5. The van der Waals surface area contributed by atoms with Crippen molar-refractivity contribution in [1.29, 1.82) is 0 Å². The molecular formula is C5H5F7N2S. The molecule has 0 heterocycles. The van der Waals surface area contributed by atoms with Crippen LogP contribution in [0.25, 0.3) is 0 Å². The molecule has 0 aliphatic heterocycles. The summed E-state index contributed by atoms with van der Waals surface area (Å²) in [5.74, 6) is -11.5. The van der Waals surface area contributed by atoms with E-state index in [4.69, 9.17) is 0 Å². The van der Waals surface area contributed by atoms with Crippen LogP contribution < -0.4 is 11.1 Å². The standard InChI is InChI=1S/C5H5F7N2S/c6-3(7,1-14-2(13)15)4(8,9)5(10,11)12/h1H2,(H3,13,14,15). The summed E-state index contributed by atoms with van der Waals surface area (Å²) in [6, 6.07) is 0. The summed E-state index contributed by atoms with van der Waals surface area (Å²) in [4.78, 5) is 0. The quantitative estimate of drug-likeness (QED) is 0.597. The van der Waals surface area contributed by atoms with Crippen LogP contribution in [-0.2, 0) is 0 Å². The van der Waals surface area contributed by atoms with Gasteiger partial charge in [-0.25, -0.2) is 0 Å². The zero-order valence-corrected chi connectivity index (χ0v) is 7.65. The maximum Gasteiger partial charge on any atom is 0.459 e. The van der Waals surface area contributed by atoms with E-state index in [-0.39, 0.29) is 0 Å². The minimum atomic E-state index is -6.34. The molecule has 0 fully saturated rings. The molecule has 2 nitrogen and oxygen atoms in total. The first-order valence-electron chi connectivity index (χ1n) is 3.27. The SMILES string of the molecule is NC(=S)NCC(F)(F)C(F)(F)C(F)(F)F. The Morgan fingerprint density at radius 2 is 1.47 bits per heavy atom. The van der Waals surface area contributed by atoms with Gasteiger partial charge < -0.3 is 11.1 Å². The summed E-state index contributed by atoms with van der Waals surface area (Å²) in [5.41, 5.74) is 4.61. The second kappa shape index (κ2) is 3.99. The fourth-order valence-electron chi connectivity index (χ4n) is 0.517. The van der Waals surface area contributed by atoms with E-state index in [1.54, 1.807) is 0 Å². The Morgan fingerprint density at radius 1 is 1.07 bits per heavy atom. The van der Waals surface area contributed by atoms with Crippen molar-refractivity contribution >= 4 is 17.3 Å². The number of hydrogen-bond donors (Lipinski definition) is 2. The smallest absolute Gasteiger partial charge is 0.376 e. The molecule has 0 atom stereocenters. The molecule has 0 aromatic rings. The van der Waals surface area contributed by atoms with Crippen molar-refractivity contribution in [3.63, 3.8) is 0 Å². The summed E-state index contributed by atoms with van der Waals surface area (Å²) >= 11 is 3.99. The third kappa shape index (κ3) is 3.08. The summed E-state index contributed by atoms with van der Waals surface area (Å²) in [5, 5.41) is 0.545. The molecule has 0 radical (unpaired) electrons. The molecular weight excluding hydrogens is 253 g/mol. The highest BCUT2D eigenvalue weighted by molar-refractivity contribution is 7.80. The molecule has 0 saturated carbocycles. The summed E-state index contributed by atoms with van der Waals surface area (Å²) in [6.07, 6.45) is -6.34. The minimum absolute atomic E-state index is 0.798. The molecule has 0 aliphatic carbocycles. The molecule has 0 rings (SSSR count). The normalized spacial score (nSPS) is 13.8. The molecule has 90 valence electrons. The predicted octanol–water partition coefficient (Wildman–Crippen LogP) is 1.65. The lowest BCUT2D eigenvalue weighted by molar-refractivity contribution is -0.352. The van der Waals surface area contributed by atoms with Crippen LogP contribution in [0.1, 0.15) is 0 Å². The summed E-state index contributed by atoms with van der Waals surface area (Å²) in [7, 11) is 0. The van der Waals surface area contributed by atoms with Gasteiger partial charge in [0, 0.05) is 0 Å². The Morgan fingerprint density at radius 3 is 1.73 bits per heavy atom. The van der Waals surface area contributed by atoms with Crippen LogP contribution in [0.4, 0.5) is 30.7 Å². The largest absolute Gasteiger partial charge is 0.459 e. The van der Waals surface area contributed by atoms with Crippen molar-refractivity contribution in [1.82, 2.24) is 5.32 Å². The highest BCUT2D eigenvalue weighted by Crippen LogP contribution is 2.45. The van der Waals surface area contributed by atoms with Gasteiger partial charge in [-0.2, -0.15) is 30.7 Å². The number of halogens is 7. The number of rotatable bonds is 3. The number of thiocarbonyl (C=S) groups is 1. The van der Waals surface area contributed by atoms with Crippen LogP contribution in [-0.4, -0.2) is 29.7 Å². The second-order valence-corrected chi connectivity index (χ2v) is 2.93. The van der Waals surface area contributed by atoms with Crippen LogP contribution in [0.3, 0.4) is 0 Å². The van der Waals surface area contributed by atoms with Crippen LogP contribution in [0, 0.1) is 0 Å². The van der Waals surface area contributed by atoms with Gasteiger partial charge in [0.25, 0.3) is 0 Å². The highest BCUT2D eigenvalue weighted by Gasteiger charge is 2.72. The van der Waals surface area contributed by atoms with E-state index in [9.17, 15) is 30.7 Å². The highest BCUT2D eigenvalue weighted by atomic mass is 32.1. The fourth-order valence-corrected chi connectivity index (χ4v) is 0.589. The number of alkyl halides is 7. The first-order chi connectivity index (χ1) is 6.42. The van der Waals surface area contributed by atoms with Crippen molar-refractivity contribution in [2.24, 2.45) is 5.73 Å². The molecule has 0 bridgehead atoms. The first kappa shape index (κ1) is 14.2. The van der Waals surface area contributed by atoms with Crippen LogP contribution in [0.5, 0.6) is 0 Å². The molecule has 0 unspecified atom stereocenters. The number of nitrogens with two attached hydrogens (primary N) is 1. The average molecular weight is 258 g/mol. The maximum absolute atomic E-state index is 12.4. The lowest BCUT2D eigenvalue weighted by Gasteiger charge is -2.28. The zero-order valence-electron chi connectivity index (χ0n) is 6.84. The van der Waals surface area contributed by atoms with Crippen LogP contribution >= 0.6 is 12.2 Å². The van der Waals surface area contributed by atoms with E-state index in [2.05, 4.69) is 18.0 Å². The maximum atomic E-state index is 12.4. The van der Waals surface area contributed by atoms with Gasteiger partial charge in [0.15, 0.2) is 5.11 Å². The van der Waals surface area contributed by atoms with E-state index in [1.807, 2.05) is 0 Å². The van der Waals surface area contributed by atoms with Gasteiger partial charge in [-0.3, -0.25) is 0 Å². The molecule has 0 aromatic carbocycles.